The standard InChI is InChI=1S/C32H44N2O/c33-22-10-24-34-23-7-5-3-1-2-4-6-14-29(35)15-9-11-25-16-17-28-19-18-26-12-8-13-27-20-21-30(25)32(28)31(26)27/h8,12-13,16-18,20-21,31,34H,1-7,9-11,14-15,19,22-24,33H2. The summed E-state index contributed by atoms with van der Waals surface area (Å²) in [5.41, 5.74) is 14.2. The molecule has 0 fully saturated rings. The number of ketones is 1. The predicted molar refractivity (Wildman–Crippen MR) is 149 cm³/mol. The SMILES string of the molecule is NCCCNCCCCCCCCCC(=O)CCCc1ccc2c3c1C=CC1=CC=CC(=CC2)C13. The number of benzene rings is 1. The molecule has 3 nitrogen and oxygen atoms in total. The molecule has 3 N–H and O–H groups in total. The minimum absolute atomic E-state index is 0.420. The van der Waals surface area contributed by atoms with Crippen molar-refractivity contribution in [3.63, 3.8) is 0 Å². The topological polar surface area (TPSA) is 55.1 Å². The van der Waals surface area contributed by atoms with Crippen LogP contribution in [0.25, 0.3) is 6.08 Å². The van der Waals surface area contributed by atoms with Crippen LogP contribution in [-0.2, 0) is 17.6 Å². The van der Waals surface area contributed by atoms with Gasteiger partial charge in [0.1, 0.15) is 5.78 Å². The third-order valence-electron chi connectivity index (χ3n) is 7.77. The van der Waals surface area contributed by atoms with Crippen LogP contribution in [0.4, 0.5) is 0 Å². The zero-order valence-electron chi connectivity index (χ0n) is 21.5. The summed E-state index contributed by atoms with van der Waals surface area (Å²) in [6.45, 7) is 2.94. The smallest absolute Gasteiger partial charge is 0.132 e. The summed E-state index contributed by atoms with van der Waals surface area (Å²) in [5, 5.41) is 3.44. The fourth-order valence-electron chi connectivity index (χ4n) is 5.80. The van der Waals surface area contributed by atoms with Gasteiger partial charge in [-0.25, -0.2) is 0 Å². The number of nitrogens with two attached hydrogens (primary N) is 1. The fraction of sp³-hybridized carbons (Fsp3) is 0.531. The lowest BCUT2D eigenvalue weighted by Gasteiger charge is -2.34. The second kappa shape index (κ2) is 13.8. The van der Waals surface area contributed by atoms with Crippen molar-refractivity contribution in [2.24, 2.45) is 5.73 Å². The summed E-state index contributed by atoms with van der Waals surface area (Å²) in [6, 6.07) is 4.64. The van der Waals surface area contributed by atoms with E-state index < -0.39 is 0 Å². The molecular weight excluding hydrogens is 428 g/mol. The first kappa shape index (κ1) is 25.9. The quantitative estimate of drug-likeness (QED) is 0.247. The van der Waals surface area contributed by atoms with Gasteiger partial charge in [0.25, 0.3) is 0 Å². The number of unbranched alkanes of at least 4 members (excludes halogenated alkanes) is 6. The van der Waals surface area contributed by atoms with Crippen LogP contribution in [0.2, 0.25) is 0 Å². The number of hydrogen-bond acceptors (Lipinski definition) is 3. The van der Waals surface area contributed by atoms with E-state index in [1.165, 1.54) is 71.9 Å². The molecule has 0 aromatic heterocycles. The molecule has 0 aliphatic heterocycles. The lowest BCUT2D eigenvalue weighted by atomic mass is 9.70. The van der Waals surface area contributed by atoms with Crippen LogP contribution < -0.4 is 11.1 Å². The Morgan fingerprint density at radius 2 is 1.63 bits per heavy atom. The van der Waals surface area contributed by atoms with Gasteiger partial charge in [-0.1, -0.05) is 80.7 Å². The summed E-state index contributed by atoms with van der Waals surface area (Å²) in [5.74, 6) is 0.867. The second-order valence-corrected chi connectivity index (χ2v) is 10.4. The molecule has 35 heavy (non-hydrogen) atoms. The Morgan fingerprint density at radius 1 is 0.857 bits per heavy atom. The molecule has 1 aromatic rings. The summed E-state index contributed by atoms with van der Waals surface area (Å²) < 4.78 is 0. The van der Waals surface area contributed by atoms with E-state index in [1.54, 1.807) is 0 Å². The minimum atomic E-state index is 0.420. The first-order valence-corrected chi connectivity index (χ1v) is 14.1. The highest BCUT2D eigenvalue weighted by Gasteiger charge is 2.30. The normalized spacial score (nSPS) is 17.2. The average Bonchev–Trinajstić information content (AvgIpc) is 2.88. The number of rotatable bonds is 17. The number of carbonyl (C=O) groups excluding carboxylic acids is 1. The maximum absolute atomic E-state index is 12.4. The third-order valence-corrected chi connectivity index (χ3v) is 7.77. The first-order valence-electron chi connectivity index (χ1n) is 14.1. The van der Waals surface area contributed by atoms with Gasteiger partial charge in [-0.05, 0) is 91.6 Å². The molecule has 188 valence electrons. The van der Waals surface area contributed by atoms with E-state index in [1.807, 2.05) is 0 Å². The number of nitrogens with one attached hydrogen (secondary N) is 1. The first-order chi connectivity index (χ1) is 17.3. The molecule has 1 atom stereocenters. The zero-order chi connectivity index (χ0) is 24.3. The van der Waals surface area contributed by atoms with Gasteiger partial charge < -0.3 is 11.1 Å². The maximum atomic E-state index is 12.4. The van der Waals surface area contributed by atoms with E-state index in [0.29, 0.717) is 11.7 Å². The Hall–Kier alpha value is -2.23. The van der Waals surface area contributed by atoms with E-state index in [2.05, 4.69) is 53.9 Å². The molecule has 1 aromatic carbocycles. The van der Waals surface area contributed by atoms with Crippen LogP contribution in [0.3, 0.4) is 0 Å². The Balaban J connectivity index is 1.10. The number of carbonyl (C=O) groups is 1. The van der Waals surface area contributed by atoms with Crippen molar-refractivity contribution in [3.8, 4) is 0 Å². The van der Waals surface area contributed by atoms with Crippen molar-refractivity contribution >= 4 is 11.9 Å². The van der Waals surface area contributed by atoms with E-state index in [9.17, 15) is 4.79 Å². The van der Waals surface area contributed by atoms with Crippen LogP contribution in [0.15, 0.2) is 53.7 Å². The molecule has 0 spiro atoms. The summed E-state index contributed by atoms with van der Waals surface area (Å²) in [4.78, 5) is 12.4. The molecule has 0 bridgehead atoms. The Morgan fingerprint density at radius 3 is 2.49 bits per heavy atom. The van der Waals surface area contributed by atoms with Gasteiger partial charge in [0.05, 0.1) is 0 Å². The van der Waals surface area contributed by atoms with Gasteiger partial charge in [0.2, 0.25) is 0 Å². The van der Waals surface area contributed by atoms with Crippen molar-refractivity contribution in [2.75, 3.05) is 19.6 Å². The van der Waals surface area contributed by atoms with Crippen LogP contribution in [0, 0.1) is 0 Å². The summed E-state index contributed by atoms with van der Waals surface area (Å²) in [6.07, 6.45) is 28.0. The number of allylic oxidation sites excluding steroid dienone is 7. The molecule has 0 radical (unpaired) electrons. The van der Waals surface area contributed by atoms with Crippen molar-refractivity contribution in [3.05, 3.63) is 75.9 Å². The minimum Gasteiger partial charge on any atom is -0.330 e. The Kier molecular flexibility index (Phi) is 10.2. The van der Waals surface area contributed by atoms with Gasteiger partial charge in [0, 0.05) is 18.8 Å². The lowest BCUT2D eigenvalue weighted by molar-refractivity contribution is -0.119. The van der Waals surface area contributed by atoms with Gasteiger partial charge in [0.15, 0.2) is 0 Å². The van der Waals surface area contributed by atoms with Gasteiger partial charge in [-0.15, -0.1) is 0 Å². The Labute approximate surface area is 212 Å². The number of hydrogen-bond donors (Lipinski definition) is 2. The molecule has 0 amide bonds. The maximum Gasteiger partial charge on any atom is 0.132 e. The van der Waals surface area contributed by atoms with Gasteiger partial charge in [-0.3, -0.25) is 4.79 Å². The van der Waals surface area contributed by atoms with Crippen molar-refractivity contribution in [2.45, 2.75) is 89.4 Å². The lowest BCUT2D eigenvalue weighted by Crippen LogP contribution is -2.19. The highest BCUT2D eigenvalue weighted by Crippen LogP contribution is 2.46. The summed E-state index contributed by atoms with van der Waals surface area (Å²) in [7, 11) is 0. The van der Waals surface area contributed by atoms with Crippen LogP contribution in [0.5, 0.6) is 0 Å². The second-order valence-electron chi connectivity index (χ2n) is 10.4. The number of Topliss-reactive ketones (excluding diaryl/α,β-unsaturated/α-hetero) is 1. The zero-order valence-corrected chi connectivity index (χ0v) is 21.5. The van der Waals surface area contributed by atoms with Crippen molar-refractivity contribution in [1.82, 2.24) is 5.32 Å². The van der Waals surface area contributed by atoms with E-state index >= 15 is 0 Å². The molecular formula is C32H44N2O. The molecule has 3 heteroatoms. The monoisotopic (exact) mass is 472 g/mol. The van der Waals surface area contributed by atoms with Gasteiger partial charge in [-0.2, -0.15) is 0 Å². The molecule has 0 saturated heterocycles. The molecule has 3 aliphatic rings. The molecule has 0 heterocycles. The van der Waals surface area contributed by atoms with Gasteiger partial charge >= 0.3 is 0 Å². The van der Waals surface area contributed by atoms with Crippen LogP contribution in [0.1, 0.15) is 98.8 Å². The van der Waals surface area contributed by atoms with Crippen molar-refractivity contribution in [1.29, 1.82) is 0 Å². The Bertz CT molecular complexity index is 982. The average molecular weight is 473 g/mol. The molecule has 4 rings (SSSR count). The van der Waals surface area contributed by atoms with E-state index in [4.69, 9.17) is 5.73 Å². The number of aryl methyl sites for hydroxylation is 1. The largest absolute Gasteiger partial charge is 0.330 e. The molecule has 1 unspecified atom stereocenters. The predicted octanol–water partition coefficient (Wildman–Crippen LogP) is 6.73. The third kappa shape index (κ3) is 7.15. The highest BCUT2D eigenvalue weighted by atomic mass is 16.1. The van der Waals surface area contributed by atoms with Crippen LogP contribution >= 0.6 is 0 Å². The fourth-order valence-corrected chi connectivity index (χ4v) is 5.80. The van der Waals surface area contributed by atoms with E-state index in [-0.39, 0.29) is 0 Å². The van der Waals surface area contributed by atoms with E-state index in [0.717, 1.165) is 64.6 Å². The van der Waals surface area contributed by atoms with Crippen molar-refractivity contribution < 1.29 is 4.79 Å². The molecule has 0 saturated carbocycles. The summed E-state index contributed by atoms with van der Waals surface area (Å²) >= 11 is 0. The van der Waals surface area contributed by atoms with Crippen LogP contribution in [-0.4, -0.2) is 25.4 Å². The highest BCUT2D eigenvalue weighted by molar-refractivity contribution is 5.78. The molecule has 3 aliphatic carbocycles.